The number of nitrogens with two attached hydrogens (primary N) is 2. The fourth-order valence-electron chi connectivity index (χ4n) is 1.46. The molecule has 1 rings (SSSR count). The minimum absolute atomic E-state index is 0.276. The summed E-state index contributed by atoms with van der Waals surface area (Å²) in [5, 5.41) is 0. The predicted molar refractivity (Wildman–Crippen MR) is 48.5 cm³/mol. The van der Waals surface area contributed by atoms with Gasteiger partial charge in [-0.15, -0.1) is 0 Å². The first-order valence-electron chi connectivity index (χ1n) is 4.54. The van der Waals surface area contributed by atoms with Gasteiger partial charge < -0.3 is 11.5 Å². The summed E-state index contributed by atoms with van der Waals surface area (Å²) in [5.74, 6) is -3.50. The van der Waals surface area contributed by atoms with E-state index in [9.17, 15) is 26.3 Å². The molecule has 0 aromatic carbocycles. The van der Waals surface area contributed by atoms with Crippen LogP contribution in [0.25, 0.3) is 0 Å². The molecule has 98 valence electrons. The van der Waals surface area contributed by atoms with Gasteiger partial charge in [-0.3, -0.25) is 0 Å². The van der Waals surface area contributed by atoms with Crippen molar-refractivity contribution in [1.29, 1.82) is 0 Å². The number of allylic oxidation sites excluding steroid dienone is 2. The van der Waals surface area contributed by atoms with Gasteiger partial charge in [0.05, 0.1) is 5.66 Å². The van der Waals surface area contributed by atoms with E-state index in [2.05, 4.69) is 0 Å². The van der Waals surface area contributed by atoms with Gasteiger partial charge in [-0.2, -0.15) is 26.3 Å². The molecule has 0 aromatic heterocycles. The van der Waals surface area contributed by atoms with E-state index in [1.165, 1.54) is 0 Å². The highest BCUT2D eigenvalue weighted by atomic mass is 19.4. The summed E-state index contributed by atoms with van der Waals surface area (Å²) in [7, 11) is 0. The van der Waals surface area contributed by atoms with Crippen LogP contribution in [0.15, 0.2) is 23.8 Å². The van der Waals surface area contributed by atoms with Crippen molar-refractivity contribution in [2.45, 2.75) is 24.4 Å². The monoisotopic (exact) mass is 260 g/mol. The second kappa shape index (κ2) is 4.02. The van der Waals surface area contributed by atoms with E-state index in [1.54, 1.807) is 0 Å². The average molecular weight is 260 g/mol. The lowest BCUT2D eigenvalue weighted by molar-refractivity contribution is -0.270. The molecule has 4 N–H and O–H groups in total. The lowest BCUT2D eigenvalue weighted by atomic mass is 9.89. The van der Waals surface area contributed by atoms with E-state index in [4.69, 9.17) is 11.5 Å². The minimum Gasteiger partial charge on any atom is -0.310 e. The van der Waals surface area contributed by atoms with Crippen LogP contribution in [0.2, 0.25) is 0 Å². The summed E-state index contributed by atoms with van der Waals surface area (Å²) in [6.07, 6.45) is -8.68. The van der Waals surface area contributed by atoms with Crippen LogP contribution in [0.3, 0.4) is 0 Å². The number of halogens is 6. The van der Waals surface area contributed by atoms with Gasteiger partial charge >= 0.3 is 12.4 Å². The topological polar surface area (TPSA) is 52.0 Å². The normalized spacial score (nSPS) is 20.6. The second-order valence-corrected chi connectivity index (χ2v) is 3.87. The SMILES string of the molecule is NC1(N)C=CC(C(C(F)(F)F)C(F)(F)F)=CC1. The van der Waals surface area contributed by atoms with Gasteiger partial charge in [-0.25, -0.2) is 0 Å². The fraction of sp³-hybridized carbons (Fsp3) is 0.556. The largest absolute Gasteiger partial charge is 0.404 e. The molecule has 0 atom stereocenters. The molecule has 0 aliphatic heterocycles. The van der Waals surface area contributed by atoms with Gasteiger partial charge in [-0.05, 0) is 11.6 Å². The van der Waals surface area contributed by atoms with Crippen LogP contribution in [-0.4, -0.2) is 18.0 Å². The van der Waals surface area contributed by atoms with E-state index >= 15 is 0 Å². The molecular formula is C9H10F6N2. The Labute approximate surface area is 92.9 Å². The molecule has 0 saturated heterocycles. The second-order valence-electron chi connectivity index (χ2n) is 3.87. The van der Waals surface area contributed by atoms with Gasteiger partial charge in [0, 0.05) is 6.42 Å². The lowest BCUT2D eigenvalue weighted by Crippen LogP contribution is -2.48. The van der Waals surface area contributed by atoms with Crippen molar-refractivity contribution in [3.8, 4) is 0 Å². The van der Waals surface area contributed by atoms with Crippen LogP contribution in [0, 0.1) is 5.92 Å². The quantitative estimate of drug-likeness (QED) is 0.561. The zero-order chi connectivity index (χ0) is 13.5. The highest BCUT2D eigenvalue weighted by molar-refractivity contribution is 5.31. The highest BCUT2D eigenvalue weighted by Gasteiger charge is 2.58. The summed E-state index contributed by atoms with van der Waals surface area (Å²) < 4.78 is 74.0. The molecule has 0 unspecified atom stereocenters. The van der Waals surface area contributed by atoms with Crippen molar-refractivity contribution in [3.05, 3.63) is 23.8 Å². The molecule has 0 amide bonds. The average Bonchev–Trinajstić information content (AvgIpc) is 2.03. The molecule has 0 radical (unpaired) electrons. The third kappa shape index (κ3) is 3.47. The summed E-state index contributed by atoms with van der Waals surface area (Å²) in [6.45, 7) is 0. The van der Waals surface area contributed by atoms with Crippen LogP contribution in [0.1, 0.15) is 6.42 Å². The molecule has 2 nitrogen and oxygen atoms in total. The minimum atomic E-state index is -5.39. The third-order valence-corrected chi connectivity index (χ3v) is 2.27. The first-order chi connectivity index (χ1) is 7.43. The zero-order valence-electron chi connectivity index (χ0n) is 8.44. The maximum absolute atomic E-state index is 12.3. The number of rotatable bonds is 1. The number of hydrogen-bond donors (Lipinski definition) is 2. The Bertz CT molecular complexity index is 335. The van der Waals surface area contributed by atoms with Crippen molar-refractivity contribution in [2.24, 2.45) is 17.4 Å². The van der Waals surface area contributed by atoms with Gasteiger partial charge in [-0.1, -0.05) is 12.2 Å². The summed E-state index contributed by atoms with van der Waals surface area (Å²) in [6, 6.07) is 0. The summed E-state index contributed by atoms with van der Waals surface area (Å²) in [5.41, 5.74) is 8.41. The number of alkyl halides is 6. The van der Waals surface area contributed by atoms with Gasteiger partial charge in [0.25, 0.3) is 0 Å². The molecule has 0 aromatic rings. The van der Waals surface area contributed by atoms with Crippen molar-refractivity contribution >= 4 is 0 Å². The molecule has 1 aliphatic carbocycles. The van der Waals surface area contributed by atoms with E-state index in [-0.39, 0.29) is 6.42 Å². The molecule has 8 heteroatoms. The molecule has 0 spiro atoms. The first kappa shape index (κ1) is 14.0. The summed E-state index contributed by atoms with van der Waals surface area (Å²) in [4.78, 5) is 0. The van der Waals surface area contributed by atoms with Crippen LogP contribution < -0.4 is 11.5 Å². The maximum atomic E-state index is 12.3. The summed E-state index contributed by atoms with van der Waals surface area (Å²) >= 11 is 0. The molecule has 0 bridgehead atoms. The molecule has 17 heavy (non-hydrogen) atoms. The number of hydrogen-bond acceptors (Lipinski definition) is 2. The first-order valence-corrected chi connectivity index (χ1v) is 4.54. The lowest BCUT2D eigenvalue weighted by Gasteiger charge is -2.28. The predicted octanol–water partition coefficient (Wildman–Crippen LogP) is 2.23. The van der Waals surface area contributed by atoms with Crippen molar-refractivity contribution in [2.75, 3.05) is 0 Å². The molecule has 0 fully saturated rings. The zero-order valence-corrected chi connectivity index (χ0v) is 8.44. The van der Waals surface area contributed by atoms with Crippen LogP contribution >= 0.6 is 0 Å². The Hall–Kier alpha value is -1.02. The van der Waals surface area contributed by atoms with Crippen LogP contribution in [-0.2, 0) is 0 Å². The van der Waals surface area contributed by atoms with E-state index in [0.717, 1.165) is 12.2 Å². The van der Waals surface area contributed by atoms with E-state index < -0.39 is 29.5 Å². The van der Waals surface area contributed by atoms with Crippen molar-refractivity contribution in [1.82, 2.24) is 0 Å². The Morgan fingerprint density at radius 1 is 1.06 bits per heavy atom. The maximum Gasteiger partial charge on any atom is 0.404 e. The highest BCUT2D eigenvalue weighted by Crippen LogP contribution is 2.44. The smallest absolute Gasteiger partial charge is 0.310 e. The van der Waals surface area contributed by atoms with Crippen molar-refractivity contribution in [3.63, 3.8) is 0 Å². The van der Waals surface area contributed by atoms with E-state index in [0.29, 0.717) is 6.08 Å². The Balaban J connectivity index is 3.05. The van der Waals surface area contributed by atoms with Gasteiger partial charge in [0.2, 0.25) is 0 Å². The Morgan fingerprint density at radius 3 is 1.82 bits per heavy atom. The van der Waals surface area contributed by atoms with Gasteiger partial charge in [0.15, 0.2) is 5.92 Å². The fourth-order valence-corrected chi connectivity index (χ4v) is 1.46. The van der Waals surface area contributed by atoms with Gasteiger partial charge in [0.1, 0.15) is 0 Å². The Kier molecular flexibility index (Phi) is 3.32. The van der Waals surface area contributed by atoms with E-state index in [1.807, 2.05) is 0 Å². The van der Waals surface area contributed by atoms with Crippen LogP contribution in [0.5, 0.6) is 0 Å². The molecular weight excluding hydrogens is 250 g/mol. The van der Waals surface area contributed by atoms with Crippen LogP contribution in [0.4, 0.5) is 26.3 Å². The molecule has 1 aliphatic rings. The Morgan fingerprint density at radius 2 is 1.53 bits per heavy atom. The molecule has 0 saturated carbocycles. The standard InChI is InChI=1S/C9H10F6N2/c10-8(11,12)6(9(13,14)15)5-1-3-7(16,17)4-2-5/h1-3,6H,4,16-17H2. The van der Waals surface area contributed by atoms with Crippen molar-refractivity contribution < 1.29 is 26.3 Å². The molecule has 0 heterocycles. The third-order valence-electron chi connectivity index (χ3n) is 2.27.